The summed E-state index contributed by atoms with van der Waals surface area (Å²) in [5, 5.41) is 10.7. The lowest BCUT2D eigenvalue weighted by Gasteiger charge is -2.14. The van der Waals surface area contributed by atoms with Crippen molar-refractivity contribution >= 4 is 29.9 Å². The number of aromatic nitrogens is 2. The highest BCUT2D eigenvalue weighted by molar-refractivity contribution is 14.0. The molecule has 0 fully saturated rings. The highest BCUT2D eigenvalue weighted by Gasteiger charge is 2.09. The Hall–Kier alpha value is -1.91. The number of alkyl halides is 2. The molecule has 150 valence electrons. The molecule has 0 saturated carbocycles. The number of aliphatic imine (C=N–C) groups is 1. The van der Waals surface area contributed by atoms with Crippen molar-refractivity contribution in [2.45, 2.75) is 40.0 Å². The zero-order valence-electron chi connectivity index (χ0n) is 15.7. The van der Waals surface area contributed by atoms with Crippen LogP contribution in [0.4, 0.5) is 8.78 Å². The molecular formula is C18H26F2IN5O. The van der Waals surface area contributed by atoms with Crippen molar-refractivity contribution in [3.05, 3.63) is 47.3 Å². The number of benzene rings is 1. The highest BCUT2D eigenvalue weighted by atomic mass is 127. The molecule has 0 amide bonds. The van der Waals surface area contributed by atoms with Gasteiger partial charge in [-0.05, 0) is 32.4 Å². The van der Waals surface area contributed by atoms with Crippen LogP contribution < -0.4 is 15.4 Å². The maximum Gasteiger partial charge on any atom is 0.387 e. The molecule has 0 radical (unpaired) electrons. The maximum atomic E-state index is 12.5. The monoisotopic (exact) mass is 493 g/mol. The Labute approximate surface area is 175 Å². The second-order valence-corrected chi connectivity index (χ2v) is 5.84. The number of rotatable bonds is 8. The molecule has 0 aliphatic rings. The van der Waals surface area contributed by atoms with Crippen molar-refractivity contribution in [1.82, 2.24) is 20.4 Å². The van der Waals surface area contributed by atoms with Crippen LogP contribution in [0.1, 0.15) is 23.4 Å². The first-order chi connectivity index (χ1) is 12.5. The molecule has 0 spiro atoms. The van der Waals surface area contributed by atoms with Crippen molar-refractivity contribution in [3.63, 3.8) is 0 Å². The van der Waals surface area contributed by atoms with Gasteiger partial charge in [0.05, 0.1) is 5.69 Å². The molecule has 2 aromatic rings. The van der Waals surface area contributed by atoms with Gasteiger partial charge in [0.25, 0.3) is 0 Å². The van der Waals surface area contributed by atoms with Crippen LogP contribution >= 0.6 is 24.0 Å². The molecule has 6 nitrogen and oxygen atoms in total. The molecule has 2 rings (SSSR count). The number of aryl methyl sites for hydroxylation is 3. The molecule has 2 N–H and O–H groups in total. The molecule has 1 aromatic heterocycles. The van der Waals surface area contributed by atoms with Gasteiger partial charge in [0.1, 0.15) is 5.75 Å². The molecule has 27 heavy (non-hydrogen) atoms. The predicted octanol–water partition coefficient (Wildman–Crippen LogP) is 3.47. The number of nitrogens with one attached hydrogen (secondary N) is 2. The van der Waals surface area contributed by atoms with E-state index in [2.05, 4.69) is 25.5 Å². The molecular weight excluding hydrogens is 467 g/mol. The average molecular weight is 493 g/mol. The van der Waals surface area contributed by atoms with E-state index < -0.39 is 6.61 Å². The van der Waals surface area contributed by atoms with Crippen LogP contribution in [-0.2, 0) is 13.1 Å². The minimum atomic E-state index is -2.84. The van der Waals surface area contributed by atoms with Crippen molar-refractivity contribution in [2.24, 2.45) is 4.99 Å². The molecule has 0 bridgehead atoms. The fourth-order valence-corrected chi connectivity index (χ4v) is 2.60. The number of guanidine groups is 1. The largest absolute Gasteiger partial charge is 0.434 e. The lowest BCUT2D eigenvalue weighted by Crippen LogP contribution is -2.37. The molecule has 0 saturated heterocycles. The number of ether oxygens (including phenoxy) is 1. The zero-order valence-corrected chi connectivity index (χ0v) is 18.0. The summed E-state index contributed by atoms with van der Waals surface area (Å²) in [7, 11) is 1.66. The van der Waals surface area contributed by atoms with E-state index >= 15 is 0 Å². The van der Waals surface area contributed by atoms with Crippen LogP contribution in [0.15, 0.2) is 35.3 Å². The van der Waals surface area contributed by atoms with Crippen LogP contribution in [0, 0.1) is 13.8 Å². The highest BCUT2D eigenvalue weighted by Crippen LogP contribution is 2.19. The Morgan fingerprint density at radius 1 is 1.26 bits per heavy atom. The van der Waals surface area contributed by atoms with Gasteiger partial charge in [0.15, 0.2) is 5.96 Å². The van der Waals surface area contributed by atoms with Gasteiger partial charge in [-0.1, -0.05) is 18.2 Å². The minimum absolute atomic E-state index is 0. The number of halogens is 3. The fourth-order valence-electron chi connectivity index (χ4n) is 2.60. The third-order valence-electron chi connectivity index (χ3n) is 3.80. The van der Waals surface area contributed by atoms with Crippen molar-refractivity contribution in [3.8, 4) is 5.75 Å². The molecule has 0 unspecified atom stereocenters. The number of hydrogen-bond donors (Lipinski definition) is 2. The topological polar surface area (TPSA) is 63.5 Å². The number of hydrogen-bond acceptors (Lipinski definition) is 3. The second kappa shape index (κ2) is 11.7. The summed E-state index contributed by atoms with van der Waals surface area (Å²) in [5.74, 6) is 0.764. The van der Waals surface area contributed by atoms with E-state index in [0.717, 1.165) is 24.4 Å². The normalized spacial score (nSPS) is 11.3. The molecule has 1 aromatic carbocycles. The third kappa shape index (κ3) is 7.69. The Morgan fingerprint density at radius 3 is 2.63 bits per heavy atom. The van der Waals surface area contributed by atoms with Gasteiger partial charge >= 0.3 is 6.61 Å². The van der Waals surface area contributed by atoms with Crippen molar-refractivity contribution in [2.75, 3.05) is 13.6 Å². The van der Waals surface area contributed by atoms with Gasteiger partial charge in [-0.2, -0.15) is 13.9 Å². The summed E-state index contributed by atoms with van der Waals surface area (Å²) in [5.41, 5.74) is 2.79. The lowest BCUT2D eigenvalue weighted by atomic mass is 10.2. The predicted molar refractivity (Wildman–Crippen MR) is 113 cm³/mol. The van der Waals surface area contributed by atoms with E-state index in [9.17, 15) is 8.78 Å². The van der Waals surface area contributed by atoms with Crippen LogP contribution in [-0.4, -0.2) is 35.9 Å². The van der Waals surface area contributed by atoms with Gasteiger partial charge in [-0.25, -0.2) is 0 Å². The fraction of sp³-hybridized carbons (Fsp3) is 0.444. The van der Waals surface area contributed by atoms with E-state index in [1.807, 2.05) is 24.6 Å². The summed E-state index contributed by atoms with van der Waals surface area (Å²) >= 11 is 0. The molecule has 0 aliphatic heterocycles. The van der Waals surface area contributed by atoms with E-state index in [1.54, 1.807) is 25.2 Å². The van der Waals surface area contributed by atoms with E-state index in [4.69, 9.17) is 0 Å². The Morgan fingerprint density at radius 2 is 2.00 bits per heavy atom. The molecule has 1 heterocycles. The maximum absolute atomic E-state index is 12.5. The van der Waals surface area contributed by atoms with Crippen LogP contribution in [0.5, 0.6) is 5.75 Å². The standard InChI is InChI=1S/C18H25F2N5O.HI/c1-13-11-14(2)25(24-13)10-6-9-22-18(21-3)23-12-15-7-4-5-8-16(15)26-17(19)20;/h4-5,7-8,11,17H,6,9-10,12H2,1-3H3,(H2,21,22,23);1H. The van der Waals surface area contributed by atoms with E-state index in [-0.39, 0.29) is 29.7 Å². The van der Waals surface area contributed by atoms with Gasteiger partial charge < -0.3 is 15.4 Å². The Balaban J connectivity index is 0.00000364. The van der Waals surface area contributed by atoms with Crippen LogP contribution in [0.2, 0.25) is 0 Å². The summed E-state index contributed by atoms with van der Waals surface area (Å²) in [6.45, 7) is 3.03. The summed E-state index contributed by atoms with van der Waals surface area (Å²) in [4.78, 5) is 4.14. The third-order valence-corrected chi connectivity index (χ3v) is 3.80. The quantitative estimate of drug-likeness (QED) is 0.256. The van der Waals surface area contributed by atoms with Crippen molar-refractivity contribution < 1.29 is 13.5 Å². The van der Waals surface area contributed by atoms with E-state index in [1.165, 1.54) is 6.07 Å². The average Bonchev–Trinajstić information content (AvgIpc) is 2.92. The number of para-hydroxylation sites is 1. The smallest absolute Gasteiger partial charge is 0.387 e. The zero-order chi connectivity index (χ0) is 18.9. The minimum Gasteiger partial charge on any atom is -0.434 e. The van der Waals surface area contributed by atoms with Gasteiger partial charge in [-0.15, -0.1) is 24.0 Å². The first-order valence-electron chi connectivity index (χ1n) is 8.48. The Bertz CT molecular complexity index is 736. The second-order valence-electron chi connectivity index (χ2n) is 5.84. The molecule has 0 atom stereocenters. The molecule has 9 heteroatoms. The SMILES string of the molecule is CN=C(NCCCn1nc(C)cc1C)NCc1ccccc1OC(F)F.I. The van der Waals surface area contributed by atoms with Crippen molar-refractivity contribution in [1.29, 1.82) is 0 Å². The van der Waals surface area contributed by atoms with E-state index in [0.29, 0.717) is 24.6 Å². The Kier molecular flexibility index (Phi) is 10.0. The summed E-state index contributed by atoms with van der Waals surface area (Å²) in [6, 6.07) is 8.74. The number of nitrogens with zero attached hydrogens (tertiary/aromatic N) is 3. The van der Waals surface area contributed by atoms with Crippen LogP contribution in [0.3, 0.4) is 0 Å². The summed E-state index contributed by atoms with van der Waals surface area (Å²) < 4.78 is 31.4. The van der Waals surface area contributed by atoms with Crippen LogP contribution in [0.25, 0.3) is 0 Å². The molecule has 0 aliphatic carbocycles. The van der Waals surface area contributed by atoms with Gasteiger partial charge in [-0.3, -0.25) is 9.67 Å². The first kappa shape index (κ1) is 23.1. The summed E-state index contributed by atoms with van der Waals surface area (Å²) in [6.07, 6.45) is 0.883. The first-order valence-corrected chi connectivity index (χ1v) is 8.48. The lowest BCUT2D eigenvalue weighted by molar-refractivity contribution is -0.0504. The van der Waals surface area contributed by atoms with Gasteiger partial charge in [0.2, 0.25) is 0 Å². The van der Waals surface area contributed by atoms with Gasteiger partial charge in [0, 0.05) is 37.9 Å².